The molecule has 1 atom stereocenters. The lowest BCUT2D eigenvalue weighted by molar-refractivity contribution is -0.121. The Balaban J connectivity index is 1.67. The van der Waals surface area contributed by atoms with E-state index in [2.05, 4.69) is 15.5 Å². The van der Waals surface area contributed by atoms with Crippen molar-refractivity contribution in [1.29, 1.82) is 0 Å². The van der Waals surface area contributed by atoms with Gasteiger partial charge in [-0.25, -0.2) is 4.79 Å². The summed E-state index contributed by atoms with van der Waals surface area (Å²) in [6, 6.07) is 9.19. The van der Waals surface area contributed by atoms with Crippen LogP contribution in [0.1, 0.15) is 25.0 Å². The predicted octanol–water partition coefficient (Wildman–Crippen LogP) is 0.573. The van der Waals surface area contributed by atoms with Crippen molar-refractivity contribution in [3.05, 3.63) is 35.9 Å². The van der Waals surface area contributed by atoms with Crippen LogP contribution in [0.5, 0.6) is 0 Å². The molecule has 0 radical (unpaired) electrons. The zero-order valence-electron chi connectivity index (χ0n) is 14.8. The summed E-state index contributed by atoms with van der Waals surface area (Å²) in [6.07, 6.45) is 0.330. The van der Waals surface area contributed by atoms with Gasteiger partial charge in [-0.2, -0.15) is 0 Å². The molecule has 7 nitrogen and oxygen atoms in total. The minimum absolute atomic E-state index is 0.217. The van der Waals surface area contributed by atoms with Crippen LogP contribution < -0.4 is 10.6 Å². The van der Waals surface area contributed by atoms with E-state index in [1.165, 1.54) is 0 Å². The summed E-state index contributed by atoms with van der Waals surface area (Å²) in [5, 5.41) is 15.3. The summed E-state index contributed by atoms with van der Waals surface area (Å²) in [6.45, 7) is 6.38. The maximum atomic E-state index is 11.9. The van der Waals surface area contributed by atoms with Crippen molar-refractivity contribution < 1.29 is 14.7 Å². The molecule has 1 saturated heterocycles. The predicted molar refractivity (Wildman–Crippen MR) is 96.1 cm³/mol. The number of imide groups is 1. The van der Waals surface area contributed by atoms with Gasteiger partial charge in [0.1, 0.15) is 0 Å². The van der Waals surface area contributed by atoms with Crippen LogP contribution in [-0.2, 0) is 4.79 Å². The topological polar surface area (TPSA) is 84.9 Å². The van der Waals surface area contributed by atoms with Crippen LogP contribution in [0.15, 0.2) is 30.3 Å². The Hall–Kier alpha value is -1.96. The van der Waals surface area contributed by atoms with Crippen molar-refractivity contribution in [1.82, 2.24) is 20.4 Å². The molecule has 1 aromatic rings. The van der Waals surface area contributed by atoms with Crippen LogP contribution in [0.4, 0.5) is 4.79 Å². The summed E-state index contributed by atoms with van der Waals surface area (Å²) in [7, 11) is 0. The molecule has 7 heteroatoms. The molecule has 1 fully saturated rings. The fourth-order valence-corrected chi connectivity index (χ4v) is 2.81. The summed E-state index contributed by atoms with van der Waals surface area (Å²) in [4.78, 5) is 27.5. The van der Waals surface area contributed by atoms with E-state index in [9.17, 15) is 14.7 Å². The number of hydrogen-bond acceptors (Lipinski definition) is 5. The Morgan fingerprint density at radius 3 is 2.40 bits per heavy atom. The fraction of sp³-hybridized carbons (Fsp3) is 0.556. The van der Waals surface area contributed by atoms with E-state index in [0.29, 0.717) is 13.1 Å². The summed E-state index contributed by atoms with van der Waals surface area (Å²) < 4.78 is 0. The molecule has 25 heavy (non-hydrogen) atoms. The Morgan fingerprint density at radius 1 is 1.12 bits per heavy atom. The van der Waals surface area contributed by atoms with Gasteiger partial charge < -0.3 is 10.4 Å². The first-order valence-electron chi connectivity index (χ1n) is 8.84. The molecule has 1 heterocycles. The Bertz CT molecular complexity index is 545. The Morgan fingerprint density at radius 2 is 1.76 bits per heavy atom. The highest BCUT2D eigenvalue weighted by atomic mass is 16.3. The number of carbonyl (C=O) groups excluding carboxylic acids is 2. The zero-order valence-corrected chi connectivity index (χ0v) is 14.8. The number of nitrogens with one attached hydrogen (secondary N) is 2. The average molecular weight is 348 g/mol. The number of aliphatic hydroxyl groups excluding tert-OH is 1. The standard InChI is InChI=1S/C18H28N4O3/c1-2-8-19-18(25)20-17(24)14-22-11-9-21(10-12-22)13-16(23)15-6-4-3-5-7-15/h3-7,16,23H,2,8-14H2,1H3,(H2,19,20,24,25). The van der Waals surface area contributed by atoms with Gasteiger partial charge in [0.05, 0.1) is 12.6 Å². The van der Waals surface area contributed by atoms with E-state index in [-0.39, 0.29) is 12.5 Å². The van der Waals surface area contributed by atoms with Crippen molar-refractivity contribution in [2.24, 2.45) is 0 Å². The van der Waals surface area contributed by atoms with Gasteiger partial charge in [0.15, 0.2) is 0 Å². The van der Waals surface area contributed by atoms with Crippen molar-refractivity contribution in [3.63, 3.8) is 0 Å². The fourth-order valence-electron chi connectivity index (χ4n) is 2.81. The maximum Gasteiger partial charge on any atom is 0.321 e. The minimum Gasteiger partial charge on any atom is -0.387 e. The number of piperazine rings is 1. The van der Waals surface area contributed by atoms with Gasteiger partial charge in [-0.15, -0.1) is 0 Å². The average Bonchev–Trinajstić information content (AvgIpc) is 2.62. The Kier molecular flexibility index (Phi) is 7.84. The number of nitrogens with zero attached hydrogens (tertiary/aromatic N) is 2. The van der Waals surface area contributed by atoms with E-state index in [0.717, 1.165) is 38.2 Å². The lowest BCUT2D eigenvalue weighted by Gasteiger charge is -2.35. The van der Waals surface area contributed by atoms with Gasteiger partial charge in [-0.3, -0.25) is 19.9 Å². The smallest absolute Gasteiger partial charge is 0.321 e. The SMILES string of the molecule is CCCNC(=O)NC(=O)CN1CCN(CC(O)c2ccccc2)CC1. The number of urea groups is 1. The molecule has 1 unspecified atom stereocenters. The molecule has 0 saturated carbocycles. The van der Waals surface area contributed by atoms with E-state index in [1.54, 1.807) is 0 Å². The van der Waals surface area contributed by atoms with E-state index in [4.69, 9.17) is 0 Å². The molecule has 3 amide bonds. The van der Waals surface area contributed by atoms with Gasteiger partial charge in [-0.05, 0) is 12.0 Å². The third-order valence-electron chi connectivity index (χ3n) is 4.24. The molecule has 3 N–H and O–H groups in total. The first-order valence-corrected chi connectivity index (χ1v) is 8.84. The normalized spacial score (nSPS) is 17.0. The molecule has 138 valence electrons. The largest absolute Gasteiger partial charge is 0.387 e. The van der Waals surface area contributed by atoms with Gasteiger partial charge in [-0.1, -0.05) is 37.3 Å². The molecular formula is C18H28N4O3. The van der Waals surface area contributed by atoms with Crippen molar-refractivity contribution in [2.45, 2.75) is 19.4 Å². The van der Waals surface area contributed by atoms with E-state index < -0.39 is 12.1 Å². The van der Waals surface area contributed by atoms with Gasteiger partial charge in [0.2, 0.25) is 5.91 Å². The maximum absolute atomic E-state index is 11.9. The highest BCUT2D eigenvalue weighted by Gasteiger charge is 2.21. The number of β-amino-alcohol motifs (C(OH)–C–C–N with tert-alkyl or cyclic N) is 1. The first kappa shape index (κ1) is 19.4. The number of hydrogen-bond donors (Lipinski definition) is 3. The number of benzene rings is 1. The summed E-state index contributed by atoms with van der Waals surface area (Å²) in [5.74, 6) is -0.286. The monoisotopic (exact) mass is 348 g/mol. The first-order chi connectivity index (χ1) is 12.1. The quantitative estimate of drug-likeness (QED) is 0.671. The van der Waals surface area contributed by atoms with E-state index >= 15 is 0 Å². The molecule has 1 aromatic carbocycles. The van der Waals surface area contributed by atoms with E-state index in [1.807, 2.05) is 42.2 Å². The molecule has 0 aromatic heterocycles. The lowest BCUT2D eigenvalue weighted by Crippen LogP contribution is -2.51. The highest BCUT2D eigenvalue weighted by Crippen LogP contribution is 2.14. The molecule has 0 bridgehead atoms. The number of carbonyl (C=O) groups is 2. The van der Waals surface area contributed by atoms with Crippen LogP contribution in [0.2, 0.25) is 0 Å². The van der Waals surface area contributed by atoms with Crippen LogP contribution >= 0.6 is 0 Å². The van der Waals surface area contributed by atoms with Gasteiger partial charge >= 0.3 is 6.03 Å². The van der Waals surface area contributed by atoms with Crippen molar-refractivity contribution in [2.75, 3.05) is 45.8 Å². The summed E-state index contributed by atoms with van der Waals surface area (Å²) >= 11 is 0. The molecule has 1 aliphatic rings. The highest BCUT2D eigenvalue weighted by molar-refractivity contribution is 5.95. The van der Waals surface area contributed by atoms with Crippen molar-refractivity contribution >= 4 is 11.9 Å². The third-order valence-corrected chi connectivity index (χ3v) is 4.24. The van der Waals surface area contributed by atoms with Gasteiger partial charge in [0, 0.05) is 39.3 Å². The van der Waals surface area contributed by atoms with Crippen LogP contribution in [-0.4, -0.2) is 72.7 Å². The van der Waals surface area contributed by atoms with Crippen molar-refractivity contribution in [3.8, 4) is 0 Å². The second-order valence-electron chi connectivity index (χ2n) is 6.31. The van der Waals surface area contributed by atoms with Crippen LogP contribution in [0.25, 0.3) is 0 Å². The minimum atomic E-state index is -0.502. The zero-order chi connectivity index (χ0) is 18.1. The van der Waals surface area contributed by atoms with Crippen LogP contribution in [0.3, 0.4) is 0 Å². The lowest BCUT2D eigenvalue weighted by atomic mass is 10.1. The molecular weight excluding hydrogens is 320 g/mol. The van der Waals surface area contributed by atoms with Gasteiger partial charge in [0.25, 0.3) is 0 Å². The molecule has 0 aliphatic carbocycles. The Labute approximate surface area is 149 Å². The molecule has 0 spiro atoms. The second kappa shape index (κ2) is 10.1. The van der Waals surface area contributed by atoms with Crippen LogP contribution in [0, 0.1) is 0 Å². The number of aliphatic hydroxyl groups is 1. The molecule has 1 aliphatic heterocycles. The number of rotatable bonds is 7. The third kappa shape index (κ3) is 6.81. The second-order valence-corrected chi connectivity index (χ2v) is 6.31. The number of amides is 3. The summed E-state index contributed by atoms with van der Waals surface area (Å²) in [5.41, 5.74) is 0.919. The molecule has 2 rings (SSSR count).